The number of aryl methyl sites for hydroxylation is 1. The summed E-state index contributed by atoms with van der Waals surface area (Å²) >= 11 is 1.78. The molecule has 0 atom stereocenters. The molecule has 0 aliphatic heterocycles. The number of halogens is 1. The molecular weight excluding hydrogens is 349 g/mol. The Balaban J connectivity index is 1.47. The highest BCUT2D eigenvalue weighted by molar-refractivity contribution is 7.11. The lowest BCUT2D eigenvalue weighted by atomic mass is 10.3. The van der Waals surface area contributed by atoms with Crippen LogP contribution in [0.15, 0.2) is 53.7 Å². The smallest absolute Gasteiger partial charge is 0.191 e. The van der Waals surface area contributed by atoms with Gasteiger partial charge in [0.1, 0.15) is 5.82 Å². The Morgan fingerprint density at radius 2 is 1.96 bits per heavy atom. The van der Waals surface area contributed by atoms with Crippen molar-refractivity contribution in [2.75, 3.05) is 13.6 Å². The van der Waals surface area contributed by atoms with Gasteiger partial charge in [-0.15, -0.1) is 11.3 Å². The average Bonchev–Trinajstić information content (AvgIpc) is 3.28. The number of nitrogens with zero attached hydrogens (tertiary/aromatic N) is 3. The predicted molar refractivity (Wildman–Crippen MR) is 104 cm³/mol. The Kier molecular flexibility index (Phi) is 6.01. The molecule has 0 radical (unpaired) electrons. The number of benzene rings is 1. The summed E-state index contributed by atoms with van der Waals surface area (Å²) in [6.07, 6.45) is 2.65. The van der Waals surface area contributed by atoms with Crippen molar-refractivity contribution in [3.05, 3.63) is 69.9 Å². The molecule has 0 unspecified atom stereocenters. The third kappa shape index (κ3) is 4.92. The van der Waals surface area contributed by atoms with Crippen molar-refractivity contribution in [2.24, 2.45) is 4.99 Å². The monoisotopic (exact) mass is 371 g/mol. The molecule has 0 aliphatic rings. The molecule has 0 saturated heterocycles. The highest BCUT2D eigenvalue weighted by Gasteiger charge is 2.04. The molecule has 136 valence electrons. The third-order valence-electron chi connectivity index (χ3n) is 3.86. The van der Waals surface area contributed by atoms with Crippen LogP contribution in [-0.2, 0) is 13.0 Å². The minimum atomic E-state index is -0.248. The number of thiophene rings is 1. The molecule has 0 fully saturated rings. The van der Waals surface area contributed by atoms with Crippen LogP contribution in [0.25, 0.3) is 5.69 Å². The first-order valence-electron chi connectivity index (χ1n) is 8.44. The molecule has 0 aliphatic carbocycles. The van der Waals surface area contributed by atoms with Gasteiger partial charge in [0.05, 0.1) is 17.9 Å². The summed E-state index contributed by atoms with van der Waals surface area (Å²) in [5.74, 6) is 0.524. The molecule has 0 saturated carbocycles. The van der Waals surface area contributed by atoms with Crippen LogP contribution < -0.4 is 10.6 Å². The fourth-order valence-electron chi connectivity index (χ4n) is 2.51. The largest absolute Gasteiger partial charge is 0.356 e. The van der Waals surface area contributed by atoms with Crippen LogP contribution in [0.2, 0.25) is 0 Å². The summed E-state index contributed by atoms with van der Waals surface area (Å²) in [6.45, 7) is 3.59. The second kappa shape index (κ2) is 8.62. The van der Waals surface area contributed by atoms with Crippen molar-refractivity contribution in [1.29, 1.82) is 0 Å². The zero-order valence-corrected chi connectivity index (χ0v) is 15.7. The highest BCUT2D eigenvalue weighted by atomic mass is 32.1. The second-order valence-corrected chi connectivity index (χ2v) is 7.22. The molecule has 2 aromatic heterocycles. The summed E-state index contributed by atoms with van der Waals surface area (Å²) in [5, 5.41) is 11.1. The van der Waals surface area contributed by atoms with Crippen LogP contribution in [0.1, 0.15) is 15.4 Å². The second-order valence-electron chi connectivity index (χ2n) is 5.84. The van der Waals surface area contributed by atoms with Crippen molar-refractivity contribution in [3.8, 4) is 5.69 Å². The van der Waals surface area contributed by atoms with Gasteiger partial charge < -0.3 is 10.6 Å². The van der Waals surface area contributed by atoms with E-state index in [1.807, 2.05) is 12.3 Å². The fourth-order valence-corrected chi connectivity index (χ4v) is 3.34. The Labute approximate surface area is 156 Å². The molecule has 2 heterocycles. The van der Waals surface area contributed by atoms with E-state index < -0.39 is 0 Å². The van der Waals surface area contributed by atoms with E-state index in [0.717, 1.165) is 36.9 Å². The fraction of sp³-hybridized carbons (Fsp3) is 0.263. The molecular formula is C19H22FN5S. The number of rotatable bonds is 6. The number of nitrogens with one attached hydrogen (secondary N) is 2. The topological polar surface area (TPSA) is 54.2 Å². The number of hydrogen-bond donors (Lipinski definition) is 2. The number of hydrogen-bond acceptors (Lipinski definition) is 3. The Morgan fingerprint density at radius 3 is 2.65 bits per heavy atom. The zero-order valence-electron chi connectivity index (χ0n) is 14.9. The number of guanidine groups is 1. The lowest BCUT2D eigenvalue weighted by Gasteiger charge is -2.10. The Hall–Kier alpha value is -2.67. The van der Waals surface area contributed by atoms with E-state index >= 15 is 0 Å². The van der Waals surface area contributed by atoms with Gasteiger partial charge in [-0.1, -0.05) is 0 Å². The molecule has 3 rings (SSSR count). The molecule has 0 amide bonds. The van der Waals surface area contributed by atoms with E-state index in [9.17, 15) is 4.39 Å². The van der Waals surface area contributed by atoms with Crippen LogP contribution in [0, 0.1) is 12.7 Å². The van der Waals surface area contributed by atoms with Crippen molar-refractivity contribution in [2.45, 2.75) is 19.9 Å². The maximum atomic E-state index is 13.0. The summed E-state index contributed by atoms with van der Waals surface area (Å²) < 4.78 is 14.8. The predicted octanol–water partition coefficient (Wildman–Crippen LogP) is 3.29. The van der Waals surface area contributed by atoms with Gasteiger partial charge in [-0.25, -0.2) is 9.07 Å². The van der Waals surface area contributed by atoms with Crippen molar-refractivity contribution in [3.63, 3.8) is 0 Å². The van der Waals surface area contributed by atoms with Crippen LogP contribution >= 0.6 is 11.3 Å². The molecule has 5 nitrogen and oxygen atoms in total. The standard InChI is InChI=1S/C19H22FN5S/c1-14-3-8-18(26-14)13-23-19(21-2)22-11-9-16-10-12-25(24-16)17-6-4-15(20)5-7-17/h3-8,10,12H,9,11,13H2,1-2H3,(H2,21,22,23). The van der Waals surface area contributed by atoms with Crippen LogP contribution in [0.3, 0.4) is 0 Å². The summed E-state index contributed by atoms with van der Waals surface area (Å²) in [7, 11) is 1.76. The Morgan fingerprint density at radius 1 is 1.15 bits per heavy atom. The van der Waals surface area contributed by atoms with Gasteiger partial charge in [-0.2, -0.15) is 5.10 Å². The molecule has 3 aromatic rings. The first-order chi connectivity index (χ1) is 12.6. The summed E-state index contributed by atoms with van der Waals surface area (Å²) in [5.41, 5.74) is 1.81. The van der Waals surface area contributed by atoms with Crippen LogP contribution in [0.4, 0.5) is 4.39 Å². The van der Waals surface area contributed by atoms with Crippen molar-refractivity contribution >= 4 is 17.3 Å². The molecule has 0 spiro atoms. The summed E-state index contributed by atoms with van der Waals surface area (Å²) in [4.78, 5) is 6.83. The maximum Gasteiger partial charge on any atom is 0.191 e. The van der Waals surface area contributed by atoms with Crippen molar-refractivity contribution in [1.82, 2.24) is 20.4 Å². The first kappa shape index (κ1) is 18.1. The minimum Gasteiger partial charge on any atom is -0.356 e. The van der Waals surface area contributed by atoms with Gasteiger partial charge in [-0.05, 0) is 49.4 Å². The van der Waals surface area contributed by atoms with Gasteiger partial charge >= 0.3 is 0 Å². The van der Waals surface area contributed by atoms with Gasteiger partial charge in [0, 0.05) is 36.0 Å². The van der Waals surface area contributed by atoms with E-state index in [2.05, 4.69) is 39.8 Å². The first-order valence-corrected chi connectivity index (χ1v) is 9.26. The lowest BCUT2D eigenvalue weighted by Crippen LogP contribution is -2.37. The van der Waals surface area contributed by atoms with Gasteiger partial charge in [0.2, 0.25) is 0 Å². The number of aromatic nitrogens is 2. The van der Waals surface area contributed by atoms with Gasteiger partial charge in [0.15, 0.2) is 5.96 Å². The Bertz CT molecular complexity index is 866. The molecule has 0 bridgehead atoms. The minimum absolute atomic E-state index is 0.248. The summed E-state index contributed by atoms with van der Waals surface area (Å²) in [6, 6.07) is 12.5. The normalized spacial score (nSPS) is 11.6. The third-order valence-corrected chi connectivity index (χ3v) is 4.86. The van der Waals surface area contributed by atoms with E-state index in [-0.39, 0.29) is 5.82 Å². The van der Waals surface area contributed by atoms with E-state index in [4.69, 9.17) is 0 Å². The van der Waals surface area contributed by atoms with Gasteiger partial charge in [-0.3, -0.25) is 4.99 Å². The van der Waals surface area contributed by atoms with Gasteiger partial charge in [0.25, 0.3) is 0 Å². The quantitative estimate of drug-likeness (QED) is 0.516. The molecule has 26 heavy (non-hydrogen) atoms. The van der Waals surface area contributed by atoms with Crippen LogP contribution in [0.5, 0.6) is 0 Å². The SMILES string of the molecule is CN=C(NCCc1ccn(-c2ccc(F)cc2)n1)NCc1ccc(C)s1. The molecule has 2 N–H and O–H groups in total. The number of aliphatic imine (C=N–C) groups is 1. The highest BCUT2D eigenvalue weighted by Crippen LogP contribution is 2.14. The van der Waals surface area contributed by atoms with E-state index in [0.29, 0.717) is 0 Å². The molecule has 7 heteroatoms. The molecule has 1 aromatic carbocycles. The van der Waals surface area contributed by atoms with Crippen LogP contribution in [-0.4, -0.2) is 29.3 Å². The maximum absolute atomic E-state index is 13.0. The van der Waals surface area contributed by atoms with E-state index in [1.54, 1.807) is 35.2 Å². The van der Waals surface area contributed by atoms with Crippen molar-refractivity contribution < 1.29 is 4.39 Å². The van der Waals surface area contributed by atoms with E-state index in [1.165, 1.54) is 21.9 Å². The zero-order chi connectivity index (χ0) is 18.4. The lowest BCUT2D eigenvalue weighted by molar-refractivity contribution is 0.627. The average molecular weight is 371 g/mol.